The van der Waals surface area contributed by atoms with Gasteiger partial charge in [-0.05, 0) is 25.1 Å². The Morgan fingerprint density at radius 3 is 2.53 bits per heavy atom. The summed E-state index contributed by atoms with van der Waals surface area (Å²) in [6.07, 6.45) is 0. The number of aromatic nitrogens is 2. The van der Waals surface area contributed by atoms with Crippen molar-refractivity contribution in [3.63, 3.8) is 0 Å². The molecule has 0 aliphatic rings. The largest absolute Gasteiger partial charge is 0.285 e. The molecule has 1 aromatic heterocycles. The lowest BCUT2D eigenvalue weighted by Crippen LogP contribution is -2.19. The average molecular weight is 267 g/mol. The molecule has 0 saturated carbocycles. The van der Waals surface area contributed by atoms with Crippen LogP contribution in [-0.4, -0.2) is 9.36 Å². The van der Waals surface area contributed by atoms with Crippen molar-refractivity contribution in [1.82, 2.24) is 9.36 Å². The van der Waals surface area contributed by atoms with Crippen LogP contribution in [0, 0.1) is 6.92 Å². The highest BCUT2D eigenvalue weighted by molar-refractivity contribution is 9.10. The third kappa shape index (κ3) is 1.77. The van der Waals surface area contributed by atoms with E-state index in [1.54, 1.807) is 10.7 Å². The molecule has 0 radical (unpaired) electrons. The molecule has 1 heterocycles. The van der Waals surface area contributed by atoms with Crippen molar-refractivity contribution < 1.29 is 0 Å². The number of benzene rings is 1. The standard InChI is InChI=1S/C11H11BrN2O/c1-8-6-11(15)14(13(8)2)10-5-3-4-9(12)7-10/h3-7H,1-2H3. The fourth-order valence-electron chi connectivity index (χ4n) is 1.55. The Morgan fingerprint density at radius 2 is 2.00 bits per heavy atom. The van der Waals surface area contributed by atoms with Crippen molar-refractivity contribution in [2.75, 3.05) is 0 Å². The summed E-state index contributed by atoms with van der Waals surface area (Å²) < 4.78 is 4.44. The van der Waals surface area contributed by atoms with E-state index >= 15 is 0 Å². The van der Waals surface area contributed by atoms with Crippen LogP contribution in [-0.2, 0) is 7.05 Å². The smallest absolute Gasteiger partial charge is 0.271 e. The third-order valence-corrected chi connectivity index (χ3v) is 2.90. The highest BCUT2D eigenvalue weighted by Gasteiger charge is 2.06. The molecule has 78 valence electrons. The molecule has 1 aromatic carbocycles. The number of hydrogen-bond acceptors (Lipinski definition) is 1. The zero-order valence-electron chi connectivity index (χ0n) is 8.57. The van der Waals surface area contributed by atoms with Crippen LogP contribution in [0.1, 0.15) is 5.69 Å². The van der Waals surface area contributed by atoms with Gasteiger partial charge in [0.25, 0.3) is 5.56 Å². The van der Waals surface area contributed by atoms with Crippen LogP contribution < -0.4 is 5.56 Å². The van der Waals surface area contributed by atoms with E-state index in [4.69, 9.17) is 0 Å². The second-order valence-electron chi connectivity index (χ2n) is 3.44. The summed E-state index contributed by atoms with van der Waals surface area (Å²) in [5.74, 6) is 0. The molecular formula is C11H11BrN2O. The second kappa shape index (κ2) is 3.70. The minimum absolute atomic E-state index is 0.00639. The quantitative estimate of drug-likeness (QED) is 0.778. The van der Waals surface area contributed by atoms with E-state index in [-0.39, 0.29) is 5.56 Å². The summed E-state index contributed by atoms with van der Waals surface area (Å²) in [5, 5.41) is 0. The van der Waals surface area contributed by atoms with Crippen LogP contribution in [0.5, 0.6) is 0 Å². The van der Waals surface area contributed by atoms with E-state index in [0.717, 1.165) is 15.9 Å². The molecule has 0 atom stereocenters. The van der Waals surface area contributed by atoms with Crippen LogP contribution in [0.4, 0.5) is 0 Å². The van der Waals surface area contributed by atoms with Crippen molar-refractivity contribution in [2.45, 2.75) is 6.92 Å². The molecular weight excluding hydrogens is 256 g/mol. The Morgan fingerprint density at radius 1 is 1.27 bits per heavy atom. The molecule has 0 bridgehead atoms. The maximum absolute atomic E-state index is 11.7. The molecule has 15 heavy (non-hydrogen) atoms. The van der Waals surface area contributed by atoms with E-state index in [9.17, 15) is 4.79 Å². The maximum Gasteiger partial charge on any atom is 0.271 e. The van der Waals surface area contributed by atoms with Crippen LogP contribution in [0.15, 0.2) is 39.6 Å². The molecule has 0 aliphatic heterocycles. The van der Waals surface area contributed by atoms with Gasteiger partial charge in [-0.1, -0.05) is 22.0 Å². The van der Waals surface area contributed by atoms with Crippen LogP contribution >= 0.6 is 15.9 Å². The maximum atomic E-state index is 11.7. The first kappa shape index (κ1) is 10.2. The summed E-state index contributed by atoms with van der Waals surface area (Å²) in [5.41, 5.74) is 1.80. The van der Waals surface area contributed by atoms with Crippen LogP contribution in [0.2, 0.25) is 0 Å². The van der Waals surface area contributed by atoms with Gasteiger partial charge in [0.1, 0.15) is 0 Å². The highest BCUT2D eigenvalue weighted by Crippen LogP contribution is 2.14. The molecule has 3 nitrogen and oxygen atoms in total. The molecule has 0 amide bonds. The predicted molar refractivity (Wildman–Crippen MR) is 63.4 cm³/mol. The predicted octanol–water partition coefficient (Wildman–Crippen LogP) is 2.25. The van der Waals surface area contributed by atoms with Crippen LogP contribution in [0.3, 0.4) is 0 Å². The topological polar surface area (TPSA) is 26.9 Å². The van der Waals surface area contributed by atoms with Gasteiger partial charge in [0.2, 0.25) is 0 Å². The van der Waals surface area contributed by atoms with Gasteiger partial charge in [-0.15, -0.1) is 0 Å². The average Bonchev–Trinajstić information content (AvgIpc) is 2.41. The Hall–Kier alpha value is -1.29. The Labute approximate surface area is 96.1 Å². The fraction of sp³-hybridized carbons (Fsp3) is 0.182. The Bertz CT molecular complexity index is 554. The SMILES string of the molecule is Cc1cc(=O)n(-c2cccc(Br)c2)n1C. The monoisotopic (exact) mass is 266 g/mol. The number of nitrogens with zero attached hydrogens (tertiary/aromatic N) is 2. The van der Waals surface area contributed by atoms with Crippen molar-refractivity contribution in [1.29, 1.82) is 0 Å². The number of halogens is 1. The van der Waals surface area contributed by atoms with Gasteiger partial charge in [-0.25, -0.2) is 4.68 Å². The molecule has 2 aromatic rings. The van der Waals surface area contributed by atoms with Gasteiger partial charge < -0.3 is 0 Å². The first-order chi connectivity index (χ1) is 7.09. The number of rotatable bonds is 1. The summed E-state index contributed by atoms with van der Waals surface area (Å²) in [7, 11) is 1.87. The van der Waals surface area contributed by atoms with Gasteiger partial charge in [-0.2, -0.15) is 0 Å². The van der Waals surface area contributed by atoms with Gasteiger partial charge in [-0.3, -0.25) is 9.48 Å². The van der Waals surface area contributed by atoms with E-state index in [0.29, 0.717) is 0 Å². The molecule has 2 rings (SSSR count). The summed E-state index contributed by atoms with van der Waals surface area (Å²) in [6, 6.07) is 9.30. The van der Waals surface area contributed by atoms with Gasteiger partial charge in [0.15, 0.2) is 0 Å². The van der Waals surface area contributed by atoms with Crippen molar-refractivity contribution in [3.8, 4) is 5.69 Å². The fourth-order valence-corrected chi connectivity index (χ4v) is 1.93. The first-order valence-electron chi connectivity index (χ1n) is 4.61. The minimum Gasteiger partial charge on any atom is -0.285 e. The van der Waals surface area contributed by atoms with Gasteiger partial charge >= 0.3 is 0 Å². The molecule has 0 N–H and O–H groups in total. The Balaban J connectivity index is 2.69. The number of aryl methyl sites for hydroxylation is 1. The first-order valence-corrected chi connectivity index (χ1v) is 5.40. The lowest BCUT2D eigenvalue weighted by Gasteiger charge is -2.08. The molecule has 4 heteroatoms. The molecule has 0 fully saturated rings. The summed E-state index contributed by atoms with van der Waals surface area (Å²) in [4.78, 5) is 11.7. The lowest BCUT2D eigenvalue weighted by molar-refractivity contribution is 0.630. The highest BCUT2D eigenvalue weighted by atomic mass is 79.9. The third-order valence-electron chi connectivity index (χ3n) is 2.40. The van der Waals surface area contributed by atoms with E-state index < -0.39 is 0 Å². The zero-order valence-corrected chi connectivity index (χ0v) is 10.2. The molecule has 0 saturated heterocycles. The van der Waals surface area contributed by atoms with E-state index in [2.05, 4.69) is 15.9 Å². The minimum atomic E-state index is -0.00639. The Kier molecular flexibility index (Phi) is 2.52. The van der Waals surface area contributed by atoms with E-state index in [1.165, 1.54) is 0 Å². The lowest BCUT2D eigenvalue weighted by atomic mass is 10.3. The second-order valence-corrected chi connectivity index (χ2v) is 4.35. The van der Waals surface area contributed by atoms with Gasteiger partial charge in [0, 0.05) is 23.3 Å². The molecule has 0 unspecified atom stereocenters. The van der Waals surface area contributed by atoms with Crippen molar-refractivity contribution in [3.05, 3.63) is 50.9 Å². The number of hydrogen-bond donors (Lipinski definition) is 0. The van der Waals surface area contributed by atoms with Crippen molar-refractivity contribution in [2.24, 2.45) is 7.05 Å². The zero-order chi connectivity index (χ0) is 11.0. The molecule has 0 aliphatic carbocycles. The summed E-state index contributed by atoms with van der Waals surface area (Å²) >= 11 is 3.39. The van der Waals surface area contributed by atoms with Crippen LogP contribution in [0.25, 0.3) is 5.69 Å². The summed E-state index contributed by atoms with van der Waals surface area (Å²) in [6.45, 7) is 1.91. The van der Waals surface area contributed by atoms with Crippen molar-refractivity contribution >= 4 is 15.9 Å². The molecule has 0 spiro atoms. The van der Waals surface area contributed by atoms with E-state index in [1.807, 2.05) is 42.9 Å². The normalized spacial score (nSPS) is 10.6. The van der Waals surface area contributed by atoms with Gasteiger partial charge in [0.05, 0.1) is 5.69 Å².